The molecular formula is C17H15FN2O. The van der Waals surface area contributed by atoms with E-state index in [1.807, 2.05) is 25.1 Å². The van der Waals surface area contributed by atoms with Gasteiger partial charge < -0.3 is 9.67 Å². The Labute approximate surface area is 121 Å². The molecule has 1 aliphatic carbocycles. The minimum Gasteiger partial charge on any atom is -0.507 e. The van der Waals surface area contributed by atoms with E-state index in [4.69, 9.17) is 0 Å². The number of phenolic OH excluding ortho intramolecular Hbond substituents is 1. The molecule has 0 aliphatic heterocycles. The number of imidazole rings is 1. The first kappa shape index (κ1) is 12.4. The van der Waals surface area contributed by atoms with Gasteiger partial charge in [-0.1, -0.05) is 17.7 Å². The average molecular weight is 282 g/mol. The third-order valence-corrected chi connectivity index (χ3v) is 3.98. The van der Waals surface area contributed by atoms with Gasteiger partial charge in [0, 0.05) is 6.04 Å². The molecule has 4 heteroatoms. The van der Waals surface area contributed by atoms with E-state index >= 15 is 0 Å². The Morgan fingerprint density at radius 3 is 2.81 bits per heavy atom. The molecule has 0 bridgehead atoms. The molecule has 0 amide bonds. The van der Waals surface area contributed by atoms with Crippen LogP contribution in [0.3, 0.4) is 0 Å². The summed E-state index contributed by atoms with van der Waals surface area (Å²) < 4.78 is 16.1. The Morgan fingerprint density at radius 2 is 2.05 bits per heavy atom. The number of benzene rings is 2. The van der Waals surface area contributed by atoms with Crippen LogP contribution in [0.2, 0.25) is 0 Å². The highest BCUT2D eigenvalue weighted by atomic mass is 19.1. The zero-order valence-corrected chi connectivity index (χ0v) is 11.7. The molecule has 3 nitrogen and oxygen atoms in total. The Hall–Kier alpha value is -2.36. The summed E-state index contributed by atoms with van der Waals surface area (Å²) in [5, 5.41) is 10.2. The Morgan fingerprint density at radius 1 is 1.24 bits per heavy atom. The van der Waals surface area contributed by atoms with E-state index in [0.717, 1.165) is 23.9 Å². The van der Waals surface area contributed by atoms with Gasteiger partial charge >= 0.3 is 0 Å². The first-order valence-electron chi connectivity index (χ1n) is 7.11. The molecule has 1 aliphatic rings. The number of fused-ring (bicyclic) bond motifs is 1. The second-order valence-electron chi connectivity index (χ2n) is 5.66. The number of aromatic hydroxyl groups is 1. The fourth-order valence-corrected chi connectivity index (χ4v) is 2.80. The van der Waals surface area contributed by atoms with Crippen LogP contribution in [-0.4, -0.2) is 14.7 Å². The van der Waals surface area contributed by atoms with Crippen LogP contribution in [0, 0.1) is 12.7 Å². The molecular weight excluding hydrogens is 267 g/mol. The largest absolute Gasteiger partial charge is 0.507 e. The fourth-order valence-electron chi connectivity index (χ4n) is 2.80. The summed E-state index contributed by atoms with van der Waals surface area (Å²) in [4.78, 5) is 4.47. The maximum Gasteiger partial charge on any atom is 0.151 e. The molecule has 1 fully saturated rings. The van der Waals surface area contributed by atoms with Crippen molar-refractivity contribution in [2.24, 2.45) is 0 Å². The number of halogens is 1. The normalized spacial score (nSPS) is 14.8. The number of hydrogen-bond acceptors (Lipinski definition) is 2. The van der Waals surface area contributed by atoms with E-state index < -0.39 is 0 Å². The Kier molecular flexibility index (Phi) is 2.55. The molecule has 1 heterocycles. The number of aryl methyl sites for hydroxylation is 1. The first-order valence-corrected chi connectivity index (χ1v) is 7.11. The van der Waals surface area contributed by atoms with Gasteiger partial charge in [-0.3, -0.25) is 0 Å². The predicted molar refractivity (Wildman–Crippen MR) is 79.8 cm³/mol. The minimum atomic E-state index is -0.319. The first-order chi connectivity index (χ1) is 10.1. The molecule has 1 aromatic heterocycles. The molecule has 3 aromatic rings. The van der Waals surface area contributed by atoms with Gasteiger partial charge in [0.25, 0.3) is 0 Å². The van der Waals surface area contributed by atoms with Crippen molar-refractivity contribution in [3.63, 3.8) is 0 Å². The van der Waals surface area contributed by atoms with Crippen molar-refractivity contribution in [1.29, 1.82) is 0 Å². The molecule has 106 valence electrons. The van der Waals surface area contributed by atoms with Gasteiger partial charge in [-0.05, 0) is 44.0 Å². The Balaban J connectivity index is 2.06. The molecule has 0 unspecified atom stereocenters. The highest BCUT2D eigenvalue weighted by Crippen LogP contribution is 2.43. The maximum atomic E-state index is 14.0. The lowest BCUT2D eigenvalue weighted by Gasteiger charge is -2.09. The van der Waals surface area contributed by atoms with Crippen molar-refractivity contribution in [3.8, 4) is 17.1 Å². The second kappa shape index (κ2) is 4.32. The summed E-state index contributed by atoms with van der Waals surface area (Å²) in [6.45, 7) is 1.97. The van der Waals surface area contributed by atoms with Crippen LogP contribution >= 0.6 is 0 Å². The van der Waals surface area contributed by atoms with Crippen molar-refractivity contribution >= 4 is 11.0 Å². The summed E-state index contributed by atoms with van der Waals surface area (Å²) in [5.41, 5.74) is 2.88. The summed E-state index contributed by atoms with van der Waals surface area (Å²) in [6, 6.07) is 10.8. The van der Waals surface area contributed by atoms with E-state index in [9.17, 15) is 9.50 Å². The molecule has 1 saturated carbocycles. The number of aromatic nitrogens is 2. The maximum absolute atomic E-state index is 14.0. The zero-order chi connectivity index (χ0) is 14.6. The van der Waals surface area contributed by atoms with Gasteiger partial charge in [-0.25, -0.2) is 9.37 Å². The smallest absolute Gasteiger partial charge is 0.151 e. The lowest BCUT2D eigenvalue weighted by molar-refractivity contribution is 0.476. The highest BCUT2D eigenvalue weighted by Gasteiger charge is 2.30. The second-order valence-corrected chi connectivity index (χ2v) is 5.66. The quantitative estimate of drug-likeness (QED) is 0.765. The molecule has 21 heavy (non-hydrogen) atoms. The number of phenols is 1. The summed E-state index contributed by atoms with van der Waals surface area (Å²) in [6.07, 6.45) is 2.14. The van der Waals surface area contributed by atoms with Crippen LogP contribution in [0.4, 0.5) is 4.39 Å². The molecule has 0 saturated heterocycles. The highest BCUT2D eigenvalue weighted by molar-refractivity contribution is 5.83. The van der Waals surface area contributed by atoms with E-state index in [1.165, 1.54) is 6.07 Å². The molecule has 2 aromatic carbocycles. The zero-order valence-electron chi connectivity index (χ0n) is 11.7. The monoisotopic (exact) mass is 282 g/mol. The lowest BCUT2D eigenvalue weighted by Crippen LogP contribution is -1.97. The van der Waals surface area contributed by atoms with Crippen LogP contribution in [0.15, 0.2) is 36.4 Å². The molecule has 1 N–H and O–H groups in total. The minimum absolute atomic E-state index is 0.179. The number of rotatable bonds is 2. The molecule has 0 atom stereocenters. The van der Waals surface area contributed by atoms with E-state index in [2.05, 4.69) is 9.55 Å². The van der Waals surface area contributed by atoms with E-state index in [0.29, 0.717) is 22.9 Å². The van der Waals surface area contributed by atoms with Crippen molar-refractivity contribution in [1.82, 2.24) is 9.55 Å². The van der Waals surface area contributed by atoms with Gasteiger partial charge in [-0.15, -0.1) is 0 Å². The van der Waals surface area contributed by atoms with Gasteiger partial charge in [0.15, 0.2) is 5.82 Å². The average Bonchev–Trinajstić information content (AvgIpc) is 3.22. The van der Waals surface area contributed by atoms with Crippen LogP contribution in [0.1, 0.15) is 24.4 Å². The third kappa shape index (κ3) is 1.90. The molecule has 4 rings (SSSR count). The van der Waals surface area contributed by atoms with Gasteiger partial charge in [0.2, 0.25) is 0 Å². The Bertz CT molecular complexity index is 849. The number of hydrogen-bond donors (Lipinski definition) is 1. The number of nitrogens with zero attached hydrogens (tertiary/aromatic N) is 2. The topological polar surface area (TPSA) is 38.1 Å². The molecule has 0 spiro atoms. The predicted octanol–water partition coefficient (Wildman–Crippen LogP) is 4.19. The summed E-state index contributed by atoms with van der Waals surface area (Å²) in [5.74, 6) is 0.511. The van der Waals surface area contributed by atoms with Gasteiger partial charge in [0.1, 0.15) is 17.1 Å². The van der Waals surface area contributed by atoms with Crippen molar-refractivity contribution in [2.45, 2.75) is 25.8 Å². The van der Waals surface area contributed by atoms with E-state index in [-0.39, 0.29) is 11.6 Å². The van der Waals surface area contributed by atoms with Crippen LogP contribution in [0.25, 0.3) is 22.4 Å². The van der Waals surface area contributed by atoms with Gasteiger partial charge in [0.05, 0.1) is 11.1 Å². The fraction of sp³-hybridized carbons (Fsp3) is 0.235. The van der Waals surface area contributed by atoms with Crippen molar-refractivity contribution in [2.75, 3.05) is 0 Å². The van der Waals surface area contributed by atoms with E-state index in [1.54, 1.807) is 12.1 Å². The lowest BCUT2D eigenvalue weighted by atomic mass is 10.1. The number of para-hydroxylation sites is 1. The third-order valence-electron chi connectivity index (χ3n) is 3.98. The van der Waals surface area contributed by atoms with Crippen LogP contribution in [0.5, 0.6) is 5.75 Å². The SMILES string of the molecule is Cc1ccc(O)c(-c2nc3c(F)cccc3n2C2CC2)c1. The molecule has 0 radical (unpaired) electrons. The summed E-state index contributed by atoms with van der Waals surface area (Å²) in [7, 11) is 0. The van der Waals surface area contributed by atoms with Gasteiger partial charge in [-0.2, -0.15) is 0 Å². The summed E-state index contributed by atoms with van der Waals surface area (Å²) >= 11 is 0. The van der Waals surface area contributed by atoms with Crippen LogP contribution in [-0.2, 0) is 0 Å². The van der Waals surface area contributed by atoms with Crippen molar-refractivity contribution in [3.05, 3.63) is 47.8 Å². The van der Waals surface area contributed by atoms with Crippen molar-refractivity contribution < 1.29 is 9.50 Å². The van der Waals surface area contributed by atoms with Crippen LogP contribution < -0.4 is 0 Å². The standard InChI is InChI=1S/C17H15FN2O/c1-10-5-8-15(21)12(9-10)17-19-16-13(18)3-2-4-14(16)20(17)11-6-7-11/h2-5,8-9,11,21H,6-7H2,1H3.